The number of alkyl halides is 3. The average molecular weight is 673 g/mol. The molecular formula is C31H41ClF3N4O5P. The summed E-state index contributed by atoms with van der Waals surface area (Å²) in [6.07, 6.45) is -1.45. The van der Waals surface area contributed by atoms with Gasteiger partial charge in [-0.2, -0.15) is 18.3 Å². The van der Waals surface area contributed by atoms with Gasteiger partial charge >= 0.3 is 19.9 Å². The number of nitrogens with zero attached hydrogens (tertiary/aromatic N) is 2. The zero-order valence-electron chi connectivity index (χ0n) is 26.1. The number of nitrogens with one attached hydrogen (secondary N) is 2. The summed E-state index contributed by atoms with van der Waals surface area (Å²) in [5.74, 6) is -0.784. The van der Waals surface area contributed by atoms with E-state index in [1.165, 1.54) is 6.92 Å². The van der Waals surface area contributed by atoms with Gasteiger partial charge < -0.3 is 19.5 Å². The molecule has 1 aromatic heterocycles. The molecule has 0 radical (unpaired) electrons. The van der Waals surface area contributed by atoms with Crippen LogP contribution in [-0.4, -0.2) is 60.3 Å². The van der Waals surface area contributed by atoms with Gasteiger partial charge in [0.15, 0.2) is 0 Å². The fraction of sp³-hybridized carbons (Fsp3) is 0.484. The van der Waals surface area contributed by atoms with Crippen LogP contribution in [-0.2, 0) is 24.8 Å². The highest BCUT2D eigenvalue weighted by atomic mass is 35.5. The summed E-state index contributed by atoms with van der Waals surface area (Å²) in [6, 6.07) is 10.4. The van der Waals surface area contributed by atoms with E-state index in [0.717, 1.165) is 60.2 Å². The first kappa shape index (κ1) is 36.6. The van der Waals surface area contributed by atoms with E-state index in [1.54, 1.807) is 20.0 Å². The second-order valence-corrected chi connectivity index (χ2v) is 13.1. The number of fused-ring (bicyclic) bond motifs is 1. The molecule has 14 heteroatoms. The van der Waals surface area contributed by atoms with E-state index in [2.05, 4.69) is 27.2 Å². The molecule has 0 spiro atoms. The smallest absolute Gasteiger partial charge is 0.459 e. The number of likely N-dealkylation sites (N-methyl/N-ethyl adjacent to an activating group) is 1. The number of aromatic nitrogens is 1. The molecule has 1 heterocycles. The van der Waals surface area contributed by atoms with Crippen molar-refractivity contribution in [2.45, 2.75) is 71.8 Å². The van der Waals surface area contributed by atoms with Crippen LogP contribution in [0.2, 0.25) is 5.02 Å². The van der Waals surface area contributed by atoms with Crippen molar-refractivity contribution in [1.29, 1.82) is 0 Å². The zero-order valence-corrected chi connectivity index (χ0v) is 27.7. The summed E-state index contributed by atoms with van der Waals surface area (Å²) in [7, 11) is -4.20. The number of benzene rings is 2. The lowest BCUT2D eigenvalue weighted by molar-refractivity contribution is -0.149. The standard InChI is InChI=1S/C31H41ClF3N4O5P/c1-6-39(17-7-8-22(4)37-28-15-16-36-29-20-25(32)11-14-27(28)29)18-19-42-45(41,38-23(5)30(40)43-21(2)3)44-26-12-9-24(10-13-26)31(33,34)35/h9-16,20-23H,6-8,17-19H2,1-5H3,(H,36,37)(H,38,41)/t22-,23+,45+/m1/s1. The lowest BCUT2D eigenvalue weighted by Crippen LogP contribution is -2.37. The highest BCUT2D eigenvalue weighted by Gasteiger charge is 2.34. The first-order valence-electron chi connectivity index (χ1n) is 14.8. The predicted octanol–water partition coefficient (Wildman–Crippen LogP) is 7.94. The fourth-order valence-electron chi connectivity index (χ4n) is 4.48. The predicted molar refractivity (Wildman–Crippen MR) is 171 cm³/mol. The zero-order chi connectivity index (χ0) is 33.2. The van der Waals surface area contributed by atoms with Gasteiger partial charge in [0, 0.05) is 34.9 Å². The second-order valence-electron chi connectivity index (χ2n) is 10.9. The molecule has 2 N–H and O–H groups in total. The van der Waals surface area contributed by atoms with Gasteiger partial charge in [0.05, 0.1) is 23.8 Å². The third kappa shape index (κ3) is 11.8. The molecule has 0 aliphatic carbocycles. The molecule has 0 saturated heterocycles. The van der Waals surface area contributed by atoms with Gasteiger partial charge in [-0.15, -0.1) is 0 Å². The molecule has 248 valence electrons. The molecule has 0 aliphatic rings. The van der Waals surface area contributed by atoms with E-state index < -0.39 is 37.6 Å². The number of anilines is 1. The Morgan fingerprint density at radius 2 is 1.78 bits per heavy atom. The molecule has 0 amide bonds. The number of hydrogen-bond acceptors (Lipinski definition) is 8. The summed E-state index contributed by atoms with van der Waals surface area (Å²) < 4.78 is 69.1. The summed E-state index contributed by atoms with van der Waals surface area (Å²) in [5, 5.41) is 7.72. The Morgan fingerprint density at radius 3 is 2.42 bits per heavy atom. The molecule has 2 aromatic carbocycles. The summed E-state index contributed by atoms with van der Waals surface area (Å²) >= 11 is 6.10. The monoisotopic (exact) mass is 672 g/mol. The first-order chi connectivity index (χ1) is 21.2. The van der Waals surface area contributed by atoms with E-state index in [0.29, 0.717) is 18.1 Å². The van der Waals surface area contributed by atoms with E-state index in [9.17, 15) is 22.5 Å². The van der Waals surface area contributed by atoms with Gasteiger partial charge in [0.2, 0.25) is 0 Å². The lowest BCUT2D eigenvalue weighted by Gasteiger charge is -2.26. The van der Waals surface area contributed by atoms with Crippen molar-refractivity contribution in [2.24, 2.45) is 0 Å². The van der Waals surface area contributed by atoms with Crippen molar-refractivity contribution >= 4 is 41.9 Å². The van der Waals surface area contributed by atoms with Gasteiger partial charge in [0.25, 0.3) is 0 Å². The second kappa shape index (κ2) is 16.6. The topological polar surface area (TPSA) is 102 Å². The van der Waals surface area contributed by atoms with Crippen LogP contribution in [0.5, 0.6) is 5.75 Å². The molecule has 3 aromatic rings. The largest absolute Gasteiger partial charge is 0.462 e. The summed E-state index contributed by atoms with van der Waals surface area (Å²) in [6.45, 7) is 10.7. The maximum atomic E-state index is 13.7. The average Bonchev–Trinajstić information content (AvgIpc) is 2.95. The minimum atomic E-state index is -4.54. The number of carbonyl (C=O) groups excluding carboxylic acids is 1. The number of rotatable bonds is 17. The normalized spacial score (nSPS) is 14.7. The van der Waals surface area contributed by atoms with Gasteiger partial charge in [-0.1, -0.05) is 18.5 Å². The van der Waals surface area contributed by atoms with Gasteiger partial charge in [0.1, 0.15) is 11.8 Å². The van der Waals surface area contributed by atoms with Crippen LogP contribution in [0, 0.1) is 0 Å². The first-order valence-corrected chi connectivity index (χ1v) is 16.7. The quantitative estimate of drug-likeness (QED) is 0.109. The Kier molecular flexibility index (Phi) is 13.5. The Hall–Kier alpha value is -2.89. The van der Waals surface area contributed by atoms with Crippen LogP contribution in [0.25, 0.3) is 10.9 Å². The molecule has 3 atom stereocenters. The van der Waals surface area contributed by atoms with Gasteiger partial charge in [-0.3, -0.25) is 14.3 Å². The minimum absolute atomic E-state index is 0.0237. The number of esters is 1. The van der Waals surface area contributed by atoms with Crippen LogP contribution in [0.4, 0.5) is 18.9 Å². The highest BCUT2D eigenvalue weighted by Crippen LogP contribution is 2.45. The van der Waals surface area contributed by atoms with Gasteiger partial charge in [-0.25, -0.2) is 4.57 Å². The van der Waals surface area contributed by atoms with Crippen molar-refractivity contribution in [3.63, 3.8) is 0 Å². The van der Waals surface area contributed by atoms with Crippen LogP contribution >= 0.6 is 19.3 Å². The minimum Gasteiger partial charge on any atom is -0.462 e. The SMILES string of the molecule is CCN(CCC[C@@H](C)Nc1ccnc2cc(Cl)ccc12)CCO[P@@](=O)(N[C@@H](C)C(=O)OC(C)C)Oc1ccc(C(F)(F)F)cc1. The van der Waals surface area contributed by atoms with Crippen LogP contribution in [0.15, 0.2) is 54.7 Å². The van der Waals surface area contributed by atoms with Crippen molar-refractivity contribution in [3.8, 4) is 5.75 Å². The number of halogens is 4. The fourth-order valence-corrected chi connectivity index (χ4v) is 6.13. The van der Waals surface area contributed by atoms with E-state index in [-0.39, 0.29) is 18.4 Å². The number of carbonyl (C=O) groups is 1. The highest BCUT2D eigenvalue weighted by molar-refractivity contribution is 7.52. The molecule has 0 bridgehead atoms. The van der Waals surface area contributed by atoms with Crippen molar-refractivity contribution in [1.82, 2.24) is 15.0 Å². The summed E-state index contributed by atoms with van der Waals surface area (Å²) in [5.41, 5.74) is 0.916. The molecule has 0 saturated carbocycles. The lowest BCUT2D eigenvalue weighted by atomic mass is 10.1. The molecule has 45 heavy (non-hydrogen) atoms. The van der Waals surface area contributed by atoms with E-state index in [1.807, 2.05) is 31.2 Å². The number of ether oxygens (including phenoxy) is 1. The van der Waals surface area contributed by atoms with Crippen LogP contribution in [0.1, 0.15) is 53.0 Å². The van der Waals surface area contributed by atoms with Crippen molar-refractivity contribution in [2.75, 3.05) is 31.6 Å². The Bertz CT molecular complexity index is 1440. The summed E-state index contributed by atoms with van der Waals surface area (Å²) in [4.78, 5) is 18.9. The third-order valence-electron chi connectivity index (χ3n) is 6.80. The molecule has 9 nitrogen and oxygen atoms in total. The molecule has 0 fully saturated rings. The third-order valence-corrected chi connectivity index (χ3v) is 8.71. The van der Waals surface area contributed by atoms with E-state index >= 15 is 0 Å². The maximum Gasteiger partial charge on any atom is 0.459 e. The molecule has 0 aliphatic heterocycles. The Labute approximate surface area is 267 Å². The molecule has 0 unspecified atom stereocenters. The van der Waals surface area contributed by atoms with Crippen LogP contribution < -0.4 is 14.9 Å². The maximum absolute atomic E-state index is 13.7. The number of pyridine rings is 1. The van der Waals surface area contributed by atoms with Gasteiger partial charge in [-0.05, 0) is 102 Å². The molecular weight excluding hydrogens is 632 g/mol. The van der Waals surface area contributed by atoms with Crippen molar-refractivity contribution in [3.05, 3.63) is 65.3 Å². The van der Waals surface area contributed by atoms with E-state index in [4.69, 9.17) is 25.4 Å². The number of hydrogen-bond donors (Lipinski definition) is 2. The Morgan fingerprint density at radius 1 is 1.07 bits per heavy atom. The van der Waals surface area contributed by atoms with Crippen LogP contribution in [0.3, 0.4) is 0 Å². The Balaban J connectivity index is 1.56. The van der Waals surface area contributed by atoms with Crippen molar-refractivity contribution < 1.29 is 36.3 Å². The molecule has 3 rings (SSSR count).